The van der Waals surface area contributed by atoms with Crippen LogP contribution < -0.4 is 4.74 Å². The topological polar surface area (TPSA) is 74.9 Å². The van der Waals surface area contributed by atoms with Gasteiger partial charge >= 0.3 is 0 Å². The van der Waals surface area contributed by atoms with Crippen LogP contribution in [0, 0.1) is 5.92 Å². The number of carbonyl (C=O) groups is 1. The number of likely N-dealkylation sites (tertiary alicyclic amines) is 1. The number of aromatic nitrogens is 2. The maximum atomic E-state index is 13.0. The normalized spacial score (nSPS) is 21.0. The number of likely N-dealkylation sites (N-methyl/N-ethyl adjacent to an activating group) is 1. The van der Waals surface area contributed by atoms with E-state index in [1.54, 1.807) is 7.11 Å². The standard InChI is InChI=1S/C22H31N5O3/c1-3-25-11-13-27(14-12-25)22(28)18-5-4-10-26(15-18)16-20-23-21(24-30-20)17-6-8-19(29-2)9-7-17/h6-9,18H,3-5,10-16H2,1-2H3. The average Bonchev–Trinajstić information content (AvgIpc) is 3.27. The van der Waals surface area contributed by atoms with Gasteiger partial charge in [-0.05, 0) is 50.2 Å². The van der Waals surface area contributed by atoms with Gasteiger partial charge in [-0.1, -0.05) is 12.1 Å². The quantitative estimate of drug-likeness (QED) is 0.718. The van der Waals surface area contributed by atoms with Crippen molar-refractivity contribution in [2.24, 2.45) is 5.92 Å². The zero-order chi connectivity index (χ0) is 20.9. The third-order valence-corrected chi connectivity index (χ3v) is 6.16. The van der Waals surface area contributed by atoms with Crippen LogP contribution >= 0.6 is 0 Å². The van der Waals surface area contributed by atoms with Gasteiger partial charge in [0.15, 0.2) is 0 Å². The van der Waals surface area contributed by atoms with E-state index in [4.69, 9.17) is 9.26 Å². The molecule has 8 nitrogen and oxygen atoms in total. The van der Waals surface area contributed by atoms with Gasteiger partial charge in [-0.25, -0.2) is 0 Å². The number of ether oxygens (including phenoxy) is 1. The molecule has 30 heavy (non-hydrogen) atoms. The lowest BCUT2D eigenvalue weighted by Crippen LogP contribution is -2.52. The fraction of sp³-hybridized carbons (Fsp3) is 0.591. The van der Waals surface area contributed by atoms with E-state index >= 15 is 0 Å². The Bertz CT molecular complexity index is 830. The Balaban J connectivity index is 1.33. The van der Waals surface area contributed by atoms with E-state index in [1.165, 1.54) is 0 Å². The van der Waals surface area contributed by atoms with Crippen molar-refractivity contribution >= 4 is 5.91 Å². The monoisotopic (exact) mass is 413 g/mol. The van der Waals surface area contributed by atoms with Crippen LogP contribution in [0.3, 0.4) is 0 Å². The minimum atomic E-state index is 0.0657. The third kappa shape index (κ3) is 4.82. The van der Waals surface area contributed by atoms with E-state index in [2.05, 4.69) is 31.8 Å². The minimum Gasteiger partial charge on any atom is -0.497 e. The first-order valence-electron chi connectivity index (χ1n) is 10.9. The smallest absolute Gasteiger partial charge is 0.241 e. The summed E-state index contributed by atoms with van der Waals surface area (Å²) < 4.78 is 10.7. The number of hydrogen-bond acceptors (Lipinski definition) is 7. The summed E-state index contributed by atoms with van der Waals surface area (Å²) in [6, 6.07) is 7.60. The highest BCUT2D eigenvalue weighted by atomic mass is 16.5. The van der Waals surface area contributed by atoms with Crippen molar-refractivity contribution in [3.8, 4) is 17.1 Å². The summed E-state index contributed by atoms with van der Waals surface area (Å²) in [5, 5.41) is 4.12. The zero-order valence-corrected chi connectivity index (χ0v) is 17.9. The SMILES string of the molecule is CCN1CCN(C(=O)C2CCCN(Cc3nc(-c4ccc(OC)cc4)no3)C2)CC1. The Kier molecular flexibility index (Phi) is 6.64. The molecule has 162 valence electrons. The molecule has 2 aliphatic heterocycles. The summed E-state index contributed by atoms with van der Waals surface area (Å²) in [5.74, 6) is 2.33. The molecule has 2 aliphatic rings. The molecule has 0 N–H and O–H groups in total. The Morgan fingerprint density at radius 2 is 1.90 bits per heavy atom. The molecule has 8 heteroatoms. The van der Waals surface area contributed by atoms with Crippen LogP contribution in [-0.4, -0.2) is 83.7 Å². The van der Waals surface area contributed by atoms with Crippen LogP contribution in [-0.2, 0) is 11.3 Å². The van der Waals surface area contributed by atoms with E-state index in [0.29, 0.717) is 24.2 Å². The van der Waals surface area contributed by atoms with Crippen molar-refractivity contribution in [1.82, 2.24) is 24.8 Å². The number of piperazine rings is 1. The van der Waals surface area contributed by atoms with E-state index < -0.39 is 0 Å². The predicted molar refractivity (Wildman–Crippen MR) is 113 cm³/mol. The van der Waals surface area contributed by atoms with E-state index in [-0.39, 0.29) is 5.92 Å². The number of rotatable bonds is 6. The number of methoxy groups -OCH3 is 1. The highest BCUT2D eigenvalue weighted by Gasteiger charge is 2.31. The van der Waals surface area contributed by atoms with Crippen molar-refractivity contribution in [3.63, 3.8) is 0 Å². The summed E-state index contributed by atoms with van der Waals surface area (Å²) in [6.07, 6.45) is 1.98. The fourth-order valence-electron chi connectivity index (χ4n) is 4.31. The molecule has 1 unspecified atom stereocenters. The summed E-state index contributed by atoms with van der Waals surface area (Å²) >= 11 is 0. The first-order valence-corrected chi connectivity index (χ1v) is 10.9. The summed E-state index contributed by atoms with van der Waals surface area (Å²) in [4.78, 5) is 24.3. The molecule has 1 amide bonds. The zero-order valence-electron chi connectivity index (χ0n) is 17.9. The van der Waals surface area contributed by atoms with Crippen LogP contribution in [0.5, 0.6) is 5.75 Å². The Labute approximate surface area is 177 Å². The predicted octanol–water partition coefficient (Wildman–Crippen LogP) is 2.12. The van der Waals surface area contributed by atoms with Gasteiger partial charge in [0.05, 0.1) is 19.6 Å². The number of benzene rings is 1. The summed E-state index contributed by atoms with van der Waals surface area (Å²) in [6.45, 7) is 9.17. The van der Waals surface area contributed by atoms with Gasteiger partial charge in [-0.3, -0.25) is 9.69 Å². The number of carbonyl (C=O) groups excluding carboxylic acids is 1. The van der Waals surface area contributed by atoms with Crippen LogP contribution in [0.15, 0.2) is 28.8 Å². The van der Waals surface area contributed by atoms with Crippen molar-refractivity contribution in [2.45, 2.75) is 26.3 Å². The van der Waals surface area contributed by atoms with Crippen molar-refractivity contribution < 1.29 is 14.1 Å². The largest absolute Gasteiger partial charge is 0.497 e. The van der Waals surface area contributed by atoms with Crippen molar-refractivity contribution in [2.75, 3.05) is 52.9 Å². The highest BCUT2D eigenvalue weighted by Crippen LogP contribution is 2.23. The summed E-state index contributed by atoms with van der Waals surface area (Å²) in [7, 11) is 1.64. The van der Waals surface area contributed by atoms with Crippen LogP contribution in [0.2, 0.25) is 0 Å². The van der Waals surface area contributed by atoms with Gasteiger partial charge in [0.2, 0.25) is 17.6 Å². The van der Waals surface area contributed by atoms with Crippen molar-refractivity contribution in [3.05, 3.63) is 30.2 Å². The second kappa shape index (κ2) is 9.57. The molecule has 0 saturated carbocycles. The number of hydrogen-bond donors (Lipinski definition) is 0. The fourth-order valence-corrected chi connectivity index (χ4v) is 4.31. The lowest BCUT2D eigenvalue weighted by Gasteiger charge is -2.38. The first kappa shape index (κ1) is 20.8. The Morgan fingerprint density at radius 1 is 1.13 bits per heavy atom. The Hall–Kier alpha value is -2.45. The first-order chi connectivity index (χ1) is 14.7. The van der Waals surface area contributed by atoms with Crippen molar-refractivity contribution in [1.29, 1.82) is 0 Å². The molecular weight excluding hydrogens is 382 g/mol. The molecule has 2 saturated heterocycles. The second-order valence-electron chi connectivity index (χ2n) is 8.07. The van der Waals surface area contributed by atoms with Crippen LogP contribution in [0.1, 0.15) is 25.7 Å². The van der Waals surface area contributed by atoms with Gasteiger partial charge in [-0.15, -0.1) is 0 Å². The number of piperidine rings is 1. The van der Waals surface area contributed by atoms with Gasteiger partial charge in [0.1, 0.15) is 5.75 Å². The lowest BCUT2D eigenvalue weighted by atomic mass is 9.96. The molecule has 0 spiro atoms. The molecular formula is C22H31N5O3. The summed E-state index contributed by atoms with van der Waals surface area (Å²) in [5.41, 5.74) is 0.892. The van der Waals surface area contributed by atoms with E-state index in [0.717, 1.165) is 70.0 Å². The molecule has 1 aromatic heterocycles. The second-order valence-corrected chi connectivity index (χ2v) is 8.07. The average molecular weight is 414 g/mol. The molecule has 2 aromatic rings. The number of amides is 1. The van der Waals surface area contributed by atoms with E-state index in [9.17, 15) is 4.79 Å². The molecule has 0 aliphatic carbocycles. The Morgan fingerprint density at radius 3 is 2.60 bits per heavy atom. The molecule has 1 atom stereocenters. The van der Waals surface area contributed by atoms with Crippen LogP contribution in [0.4, 0.5) is 0 Å². The highest BCUT2D eigenvalue weighted by molar-refractivity contribution is 5.79. The molecule has 1 aromatic carbocycles. The van der Waals surface area contributed by atoms with Gasteiger partial charge < -0.3 is 19.1 Å². The maximum absolute atomic E-state index is 13.0. The molecule has 3 heterocycles. The molecule has 0 bridgehead atoms. The molecule has 4 rings (SSSR count). The minimum absolute atomic E-state index is 0.0657. The van der Waals surface area contributed by atoms with Gasteiger partial charge in [0, 0.05) is 38.3 Å². The maximum Gasteiger partial charge on any atom is 0.241 e. The third-order valence-electron chi connectivity index (χ3n) is 6.16. The lowest BCUT2D eigenvalue weighted by molar-refractivity contribution is -0.139. The molecule has 0 radical (unpaired) electrons. The number of nitrogens with zero attached hydrogens (tertiary/aromatic N) is 5. The van der Waals surface area contributed by atoms with Crippen LogP contribution in [0.25, 0.3) is 11.4 Å². The van der Waals surface area contributed by atoms with Gasteiger partial charge in [-0.2, -0.15) is 4.98 Å². The molecule has 2 fully saturated rings. The van der Waals surface area contributed by atoms with Gasteiger partial charge in [0.25, 0.3) is 0 Å². The van der Waals surface area contributed by atoms with E-state index in [1.807, 2.05) is 24.3 Å².